The van der Waals surface area contributed by atoms with Gasteiger partial charge in [0, 0.05) is 6.20 Å². The summed E-state index contributed by atoms with van der Waals surface area (Å²) in [6.45, 7) is 0. The average molecular weight is 194 g/mol. The summed E-state index contributed by atoms with van der Waals surface area (Å²) in [5, 5.41) is 2.51. The molecule has 2 heterocycles. The van der Waals surface area contributed by atoms with Crippen molar-refractivity contribution in [1.82, 2.24) is 10.3 Å². The van der Waals surface area contributed by atoms with E-state index >= 15 is 0 Å². The van der Waals surface area contributed by atoms with Gasteiger partial charge in [-0.25, -0.2) is 0 Å². The molecule has 5 heteroatoms. The summed E-state index contributed by atoms with van der Waals surface area (Å²) < 4.78 is 5.07. The van der Waals surface area contributed by atoms with Crippen LogP contribution in [-0.4, -0.2) is 16.1 Å². The van der Waals surface area contributed by atoms with Gasteiger partial charge < -0.3 is 4.74 Å². The van der Waals surface area contributed by atoms with Crippen LogP contribution in [0.5, 0.6) is 0 Å². The van der Waals surface area contributed by atoms with Crippen LogP contribution in [0.4, 0.5) is 0 Å². The smallest absolute Gasteiger partial charge is 0.274 e. The summed E-state index contributed by atoms with van der Waals surface area (Å²) in [5.41, 5.74) is 0.569. The van der Waals surface area contributed by atoms with Crippen molar-refractivity contribution in [3.8, 4) is 0 Å². The molecule has 1 aromatic heterocycles. The van der Waals surface area contributed by atoms with Crippen LogP contribution in [0.3, 0.4) is 0 Å². The first-order chi connectivity index (χ1) is 6.27. The standard InChI is InChI=1S/C8H6N2O2S/c11-7-6(12-8(13)10-7)5-3-1-2-4-9-5/h1-4,6H,(H,10,11,13). The molecule has 0 radical (unpaired) electrons. The van der Waals surface area contributed by atoms with E-state index in [-0.39, 0.29) is 11.1 Å². The zero-order chi connectivity index (χ0) is 9.26. The van der Waals surface area contributed by atoms with Crippen LogP contribution in [0.25, 0.3) is 0 Å². The van der Waals surface area contributed by atoms with E-state index in [2.05, 4.69) is 10.3 Å². The number of ether oxygens (including phenoxy) is 1. The first kappa shape index (κ1) is 8.12. The Bertz CT molecular complexity index is 352. The lowest BCUT2D eigenvalue weighted by molar-refractivity contribution is -0.123. The van der Waals surface area contributed by atoms with Crippen LogP contribution in [0, 0.1) is 0 Å². The fourth-order valence-corrected chi connectivity index (χ4v) is 1.28. The maximum Gasteiger partial charge on any atom is 0.274 e. The van der Waals surface area contributed by atoms with Crippen molar-refractivity contribution in [3.05, 3.63) is 30.1 Å². The number of amides is 1. The molecule has 1 aliphatic rings. The summed E-state index contributed by atoms with van der Waals surface area (Å²) in [7, 11) is 0. The van der Waals surface area contributed by atoms with Crippen molar-refractivity contribution < 1.29 is 9.53 Å². The molecule has 13 heavy (non-hydrogen) atoms. The van der Waals surface area contributed by atoms with E-state index in [1.165, 1.54) is 0 Å². The summed E-state index contributed by atoms with van der Waals surface area (Å²) in [6, 6.07) is 5.28. The third-order valence-corrected chi connectivity index (χ3v) is 1.84. The van der Waals surface area contributed by atoms with Crippen LogP contribution < -0.4 is 5.32 Å². The van der Waals surface area contributed by atoms with Gasteiger partial charge in [0.05, 0.1) is 5.69 Å². The fraction of sp³-hybridized carbons (Fsp3) is 0.125. The lowest BCUT2D eigenvalue weighted by Crippen LogP contribution is -2.20. The number of rotatable bonds is 1. The maximum absolute atomic E-state index is 11.2. The number of thiocarbonyl (C=S) groups is 1. The largest absolute Gasteiger partial charge is 0.451 e. The third kappa shape index (κ3) is 1.50. The molecule has 1 atom stereocenters. The molecule has 1 aromatic rings. The van der Waals surface area contributed by atoms with Crippen molar-refractivity contribution in [2.75, 3.05) is 0 Å². The number of hydrogen-bond acceptors (Lipinski definition) is 4. The van der Waals surface area contributed by atoms with E-state index in [4.69, 9.17) is 17.0 Å². The summed E-state index contributed by atoms with van der Waals surface area (Å²) >= 11 is 4.69. The number of nitrogens with zero attached hydrogens (tertiary/aromatic N) is 1. The highest BCUT2D eigenvalue weighted by Crippen LogP contribution is 2.19. The van der Waals surface area contributed by atoms with Crippen molar-refractivity contribution in [3.63, 3.8) is 0 Å². The quantitative estimate of drug-likeness (QED) is 0.663. The Hall–Kier alpha value is -1.49. The van der Waals surface area contributed by atoms with Gasteiger partial charge in [0.15, 0.2) is 0 Å². The van der Waals surface area contributed by atoms with Crippen molar-refractivity contribution in [2.45, 2.75) is 6.10 Å². The van der Waals surface area contributed by atoms with Gasteiger partial charge in [0.2, 0.25) is 6.10 Å². The van der Waals surface area contributed by atoms with Crippen LogP contribution in [0.2, 0.25) is 0 Å². The van der Waals surface area contributed by atoms with Crippen molar-refractivity contribution in [1.29, 1.82) is 0 Å². The molecule has 1 saturated heterocycles. The minimum atomic E-state index is -0.686. The number of pyridine rings is 1. The predicted molar refractivity (Wildman–Crippen MR) is 48.8 cm³/mol. The zero-order valence-electron chi connectivity index (χ0n) is 6.56. The zero-order valence-corrected chi connectivity index (χ0v) is 7.38. The molecule has 2 rings (SSSR count). The molecule has 0 spiro atoms. The lowest BCUT2D eigenvalue weighted by Gasteiger charge is -2.04. The van der Waals surface area contributed by atoms with E-state index in [0.717, 1.165) is 0 Å². The van der Waals surface area contributed by atoms with Gasteiger partial charge in [0.1, 0.15) is 0 Å². The van der Waals surface area contributed by atoms with Crippen LogP contribution in [0.15, 0.2) is 24.4 Å². The molecule has 0 aliphatic carbocycles. The lowest BCUT2D eigenvalue weighted by atomic mass is 10.2. The van der Waals surface area contributed by atoms with Gasteiger partial charge in [-0.2, -0.15) is 0 Å². The maximum atomic E-state index is 11.2. The summed E-state index contributed by atoms with van der Waals surface area (Å²) in [5.74, 6) is -0.260. The van der Waals surface area contributed by atoms with E-state index in [9.17, 15) is 4.79 Å². The van der Waals surface area contributed by atoms with Crippen molar-refractivity contribution >= 4 is 23.3 Å². The molecule has 66 valence electrons. The van der Waals surface area contributed by atoms with Crippen LogP contribution in [-0.2, 0) is 9.53 Å². The number of carbonyl (C=O) groups excluding carboxylic acids is 1. The van der Waals surface area contributed by atoms with E-state index in [1.54, 1.807) is 24.4 Å². The van der Waals surface area contributed by atoms with Gasteiger partial charge in [-0.15, -0.1) is 0 Å². The fourth-order valence-electron chi connectivity index (χ4n) is 1.08. The van der Waals surface area contributed by atoms with Gasteiger partial charge in [0.25, 0.3) is 11.1 Å². The Kier molecular flexibility index (Phi) is 1.94. The predicted octanol–water partition coefficient (Wildman–Crippen LogP) is 0.554. The highest BCUT2D eigenvalue weighted by atomic mass is 32.1. The Morgan fingerprint density at radius 2 is 2.38 bits per heavy atom. The van der Waals surface area contributed by atoms with E-state index < -0.39 is 6.10 Å². The second-order valence-electron chi connectivity index (χ2n) is 2.53. The molecule has 0 saturated carbocycles. The molecular weight excluding hydrogens is 188 g/mol. The molecule has 1 N–H and O–H groups in total. The SMILES string of the molecule is O=C1NC(=S)OC1c1ccccn1. The molecule has 4 nitrogen and oxygen atoms in total. The highest BCUT2D eigenvalue weighted by molar-refractivity contribution is 7.80. The Balaban J connectivity index is 2.28. The normalized spacial score (nSPS) is 21.1. The van der Waals surface area contributed by atoms with Gasteiger partial charge in [-0.05, 0) is 24.4 Å². The third-order valence-electron chi connectivity index (χ3n) is 1.64. The molecule has 0 bridgehead atoms. The van der Waals surface area contributed by atoms with Gasteiger partial charge in [-0.1, -0.05) is 6.07 Å². The molecule has 0 aromatic carbocycles. The number of aromatic nitrogens is 1. The molecule has 1 amide bonds. The molecule has 1 fully saturated rings. The Labute approximate surface area is 79.9 Å². The Morgan fingerprint density at radius 1 is 1.54 bits per heavy atom. The second-order valence-corrected chi connectivity index (χ2v) is 2.90. The van der Waals surface area contributed by atoms with E-state index in [1.807, 2.05) is 0 Å². The highest BCUT2D eigenvalue weighted by Gasteiger charge is 2.31. The molecule has 1 unspecified atom stereocenters. The number of nitrogens with one attached hydrogen (secondary N) is 1. The number of hydrogen-bond donors (Lipinski definition) is 1. The Morgan fingerprint density at radius 3 is 2.92 bits per heavy atom. The average Bonchev–Trinajstić information content (AvgIpc) is 2.47. The summed E-state index contributed by atoms with van der Waals surface area (Å²) in [4.78, 5) is 15.2. The van der Waals surface area contributed by atoms with Gasteiger partial charge >= 0.3 is 0 Å². The summed E-state index contributed by atoms with van der Waals surface area (Å²) in [6.07, 6.45) is 0.918. The minimum Gasteiger partial charge on any atom is -0.451 e. The topological polar surface area (TPSA) is 51.2 Å². The first-order valence-electron chi connectivity index (χ1n) is 3.70. The second kappa shape index (κ2) is 3.10. The number of carbonyl (C=O) groups is 1. The van der Waals surface area contributed by atoms with Gasteiger partial charge in [-0.3, -0.25) is 15.1 Å². The molecule has 1 aliphatic heterocycles. The van der Waals surface area contributed by atoms with Crippen molar-refractivity contribution in [2.24, 2.45) is 0 Å². The molecular formula is C8H6N2O2S. The van der Waals surface area contributed by atoms with E-state index in [0.29, 0.717) is 5.69 Å². The monoisotopic (exact) mass is 194 g/mol. The van der Waals surface area contributed by atoms with Crippen LogP contribution in [0.1, 0.15) is 11.8 Å². The minimum absolute atomic E-state index is 0.112. The first-order valence-corrected chi connectivity index (χ1v) is 4.10. The van der Waals surface area contributed by atoms with Crippen LogP contribution >= 0.6 is 12.2 Å².